The summed E-state index contributed by atoms with van der Waals surface area (Å²) in [5, 5.41) is 32.2. The molecule has 0 radical (unpaired) electrons. The Morgan fingerprint density at radius 2 is 1.83 bits per heavy atom. The van der Waals surface area contributed by atoms with Gasteiger partial charge in [0.1, 0.15) is 18.2 Å². The largest absolute Gasteiger partial charge is 0.515 e. The molecule has 2 aromatic heterocycles. The molecule has 0 saturated heterocycles. The molecule has 0 aliphatic rings. The van der Waals surface area contributed by atoms with Crippen molar-refractivity contribution in [2.75, 3.05) is 0 Å². The van der Waals surface area contributed by atoms with E-state index < -0.39 is 11.2 Å². The number of tetrazole rings is 1. The second kappa shape index (κ2) is 15.1. The minimum absolute atomic E-state index is 0.126. The van der Waals surface area contributed by atoms with Crippen LogP contribution in [-0.4, -0.2) is 46.1 Å². The van der Waals surface area contributed by atoms with Gasteiger partial charge in [-0.3, -0.25) is 0 Å². The summed E-state index contributed by atoms with van der Waals surface area (Å²) in [5.41, 5.74) is 4.59. The summed E-state index contributed by atoms with van der Waals surface area (Å²) in [4.78, 5) is 32.5. The van der Waals surface area contributed by atoms with E-state index in [1.165, 1.54) is 12.1 Å². The van der Waals surface area contributed by atoms with Gasteiger partial charge in [0.05, 0.1) is 12.3 Å². The van der Waals surface area contributed by atoms with Gasteiger partial charge in [-0.2, -0.15) is 0 Å². The number of nitrogens with zero attached hydrogens (tertiary/aromatic N) is 7. The SMILES string of the molecule is CCCCc1nc(Cl)c(CO)n1Cc1ccc(-c2ccccc2-c2nnn(COC(=O)Oc3cccc(CO[N+](=O)[O-])c3)n2)cc1. The van der Waals surface area contributed by atoms with Crippen molar-refractivity contribution in [2.45, 2.75) is 52.7 Å². The fraction of sp³-hybridized carbons (Fsp3) is 0.258. The molecule has 0 spiro atoms. The van der Waals surface area contributed by atoms with Crippen LogP contribution in [0.5, 0.6) is 5.75 Å². The van der Waals surface area contributed by atoms with Gasteiger partial charge in [-0.1, -0.05) is 85.6 Å². The molecule has 0 unspecified atom stereocenters. The van der Waals surface area contributed by atoms with Gasteiger partial charge in [0.2, 0.25) is 12.6 Å². The third kappa shape index (κ3) is 8.02. The maximum Gasteiger partial charge on any atom is 0.515 e. The molecule has 14 nitrogen and oxygen atoms in total. The Labute approximate surface area is 268 Å². The average Bonchev–Trinajstić information content (AvgIpc) is 3.66. The average molecular weight is 648 g/mol. The molecule has 5 aromatic rings. The lowest BCUT2D eigenvalue weighted by atomic mass is 9.98. The highest BCUT2D eigenvalue weighted by atomic mass is 35.5. The number of hydrogen-bond donors (Lipinski definition) is 1. The van der Waals surface area contributed by atoms with E-state index in [1.54, 1.807) is 12.1 Å². The van der Waals surface area contributed by atoms with E-state index in [1.807, 2.05) is 53.1 Å². The zero-order valence-corrected chi connectivity index (χ0v) is 25.5. The zero-order chi connectivity index (χ0) is 32.5. The predicted octanol–water partition coefficient (Wildman–Crippen LogP) is 5.62. The van der Waals surface area contributed by atoms with Crippen LogP contribution in [0.2, 0.25) is 5.15 Å². The number of aliphatic hydroxyl groups excluding tert-OH is 1. The summed E-state index contributed by atoms with van der Waals surface area (Å²) in [6, 6.07) is 21.7. The van der Waals surface area contributed by atoms with Gasteiger partial charge in [0.25, 0.3) is 5.09 Å². The Hall–Kier alpha value is -5.34. The number of hydrogen-bond acceptors (Lipinski definition) is 11. The molecule has 0 aliphatic heterocycles. The van der Waals surface area contributed by atoms with Gasteiger partial charge < -0.3 is 24.0 Å². The molecule has 0 atom stereocenters. The third-order valence-corrected chi connectivity index (χ3v) is 7.27. The van der Waals surface area contributed by atoms with Crippen molar-refractivity contribution in [3.8, 4) is 28.3 Å². The standard InChI is InChI=1S/C31H30ClN7O7/c1-2-3-11-28-33-29(32)27(18-40)37(28)17-21-12-14-23(15-13-21)25-9-4-5-10-26(25)30-34-36-38(35-30)20-44-31(41)46-24-8-6-7-22(16-24)19-45-39(42)43/h4-10,12-16,40H,2-3,11,17-20H2,1H3. The molecular weight excluding hydrogens is 618 g/mol. The smallest absolute Gasteiger partial charge is 0.409 e. The summed E-state index contributed by atoms with van der Waals surface area (Å²) in [7, 11) is 0. The number of aryl methyl sites for hydroxylation is 1. The lowest BCUT2D eigenvalue weighted by Gasteiger charge is -2.12. The van der Waals surface area contributed by atoms with E-state index in [0.29, 0.717) is 28.8 Å². The second-order valence-electron chi connectivity index (χ2n) is 10.1. The van der Waals surface area contributed by atoms with Crippen molar-refractivity contribution < 1.29 is 29.3 Å². The van der Waals surface area contributed by atoms with Crippen LogP contribution in [-0.2, 0) is 42.5 Å². The molecule has 46 heavy (non-hydrogen) atoms. The Balaban J connectivity index is 1.24. The number of benzene rings is 3. The van der Waals surface area contributed by atoms with Crippen LogP contribution in [0.15, 0.2) is 72.8 Å². The number of rotatable bonds is 14. The number of unbranched alkanes of at least 4 members (excludes halogenated alkanes) is 1. The van der Waals surface area contributed by atoms with Crippen molar-refractivity contribution in [2.24, 2.45) is 0 Å². The van der Waals surface area contributed by atoms with Crippen molar-refractivity contribution in [1.29, 1.82) is 0 Å². The van der Waals surface area contributed by atoms with Gasteiger partial charge >= 0.3 is 6.16 Å². The van der Waals surface area contributed by atoms with E-state index in [2.05, 4.69) is 32.2 Å². The molecule has 1 N–H and O–H groups in total. The van der Waals surface area contributed by atoms with E-state index in [4.69, 9.17) is 21.1 Å². The normalized spacial score (nSPS) is 10.9. The van der Waals surface area contributed by atoms with Crippen LogP contribution in [0.1, 0.15) is 42.4 Å². The molecule has 0 amide bonds. The molecule has 238 valence electrons. The lowest BCUT2D eigenvalue weighted by Crippen LogP contribution is -2.15. The Kier molecular flexibility index (Phi) is 10.5. The topological polar surface area (TPSA) is 170 Å². The molecular formula is C31H30ClN7O7. The maximum atomic E-state index is 12.2. The molecule has 3 aromatic carbocycles. The van der Waals surface area contributed by atoms with Crippen LogP contribution in [0.25, 0.3) is 22.5 Å². The van der Waals surface area contributed by atoms with Crippen LogP contribution in [0, 0.1) is 10.1 Å². The molecule has 0 saturated carbocycles. The number of aromatic nitrogens is 6. The summed E-state index contributed by atoms with van der Waals surface area (Å²) >= 11 is 6.31. The van der Waals surface area contributed by atoms with Crippen LogP contribution in [0.3, 0.4) is 0 Å². The lowest BCUT2D eigenvalue weighted by molar-refractivity contribution is -0.763. The number of halogens is 1. The Morgan fingerprint density at radius 3 is 2.57 bits per heavy atom. The van der Waals surface area contributed by atoms with E-state index in [0.717, 1.165) is 52.1 Å². The van der Waals surface area contributed by atoms with Gasteiger partial charge in [-0.15, -0.1) is 25.1 Å². The van der Waals surface area contributed by atoms with E-state index in [9.17, 15) is 20.0 Å². The first kappa shape index (κ1) is 32.1. The minimum atomic E-state index is -1.02. The monoisotopic (exact) mass is 647 g/mol. The number of imidazole rings is 1. The van der Waals surface area contributed by atoms with Crippen molar-refractivity contribution in [3.05, 3.63) is 111 Å². The predicted molar refractivity (Wildman–Crippen MR) is 165 cm³/mol. The quantitative estimate of drug-likeness (QED) is 0.0686. The fourth-order valence-corrected chi connectivity index (χ4v) is 5.00. The first-order chi connectivity index (χ1) is 22.3. The molecule has 5 rings (SSSR count). The molecule has 0 aliphatic carbocycles. The summed E-state index contributed by atoms with van der Waals surface area (Å²) in [5.74, 6) is 1.31. The second-order valence-corrected chi connectivity index (χ2v) is 10.5. The van der Waals surface area contributed by atoms with Crippen LogP contribution < -0.4 is 4.74 Å². The van der Waals surface area contributed by atoms with Crippen molar-refractivity contribution in [3.63, 3.8) is 0 Å². The fourth-order valence-electron chi connectivity index (χ4n) is 4.74. The van der Waals surface area contributed by atoms with Crippen LogP contribution >= 0.6 is 11.6 Å². The zero-order valence-electron chi connectivity index (χ0n) is 24.8. The first-order valence-corrected chi connectivity index (χ1v) is 14.7. The summed E-state index contributed by atoms with van der Waals surface area (Å²) in [6.07, 6.45) is 1.76. The van der Waals surface area contributed by atoms with E-state index >= 15 is 0 Å². The highest BCUT2D eigenvalue weighted by molar-refractivity contribution is 6.30. The van der Waals surface area contributed by atoms with Gasteiger partial charge in [-0.05, 0) is 46.0 Å². The third-order valence-electron chi connectivity index (χ3n) is 6.97. The minimum Gasteiger partial charge on any atom is -0.409 e. The number of aliphatic hydroxyl groups is 1. The van der Waals surface area contributed by atoms with Crippen LogP contribution in [0.4, 0.5) is 4.79 Å². The van der Waals surface area contributed by atoms with Crippen molar-refractivity contribution in [1.82, 2.24) is 29.8 Å². The number of carbonyl (C=O) groups is 1. The number of ether oxygens (including phenoxy) is 2. The van der Waals surface area contributed by atoms with Gasteiger partial charge in [0.15, 0.2) is 5.15 Å². The first-order valence-electron chi connectivity index (χ1n) is 14.4. The molecule has 2 heterocycles. The Morgan fingerprint density at radius 1 is 1.04 bits per heavy atom. The summed E-state index contributed by atoms with van der Waals surface area (Å²) < 4.78 is 12.2. The van der Waals surface area contributed by atoms with Gasteiger partial charge in [0, 0.05) is 18.5 Å². The van der Waals surface area contributed by atoms with Gasteiger partial charge in [-0.25, -0.2) is 9.78 Å². The molecule has 15 heteroatoms. The summed E-state index contributed by atoms with van der Waals surface area (Å²) in [6.45, 7) is 1.80. The van der Waals surface area contributed by atoms with Crippen molar-refractivity contribution >= 4 is 17.8 Å². The number of carbonyl (C=O) groups excluding carboxylic acids is 1. The highest BCUT2D eigenvalue weighted by Gasteiger charge is 2.17. The van der Waals surface area contributed by atoms with E-state index in [-0.39, 0.29) is 25.7 Å². The highest BCUT2D eigenvalue weighted by Crippen LogP contribution is 2.30. The Bertz CT molecular complexity index is 1810. The maximum absolute atomic E-state index is 12.2. The molecule has 0 bridgehead atoms. The molecule has 0 fully saturated rings.